The minimum absolute atomic E-state index is 0. The minimum Gasteiger partial charge on any atom is -0.480 e. The average Bonchev–Trinajstić information content (AvgIpc) is 1.99. The van der Waals surface area contributed by atoms with E-state index in [9.17, 15) is 9.59 Å². The third-order valence-corrected chi connectivity index (χ3v) is 1.20. The number of carbonyl (C=O) groups is 2. The SMILES string of the molecule is COC(=O)CC[C@H](N)C(=O)O.Cl.Cl. The molecule has 0 saturated carbocycles. The monoisotopic (exact) mass is 233 g/mol. The molecule has 0 aliphatic carbocycles. The van der Waals surface area contributed by atoms with Crippen LogP contribution in [0.4, 0.5) is 0 Å². The average molecular weight is 234 g/mol. The van der Waals surface area contributed by atoms with Gasteiger partial charge in [-0.05, 0) is 6.42 Å². The van der Waals surface area contributed by atoms with Crippen LogP contribution in [0.5, 0.6) is 0 Å². The first-order valence-corrected chi connectivity index (χ1v) is 3.13. The van der Waals surface area contributed by atoms with Crippen molar-refractivity contribution in [3.63, 3.8) is 0 Å². The van der Waals surface area contributed by atoms with E-state index in [-0.39, 0.29) is 37.7 Å². The van der Waals surface area contributed by atoms with E-state index in [4.69, 9.17) is 10.8 Å². The second-order valence-electron chi connectivity index (χ2n) is 2.06. The molecule has 0 bridgehead atoms. The normalized spacial score (nSPS) is 10.3. The third-order valence-electron chi connectivity index (χ3n) is 1.20. The predicted molar refractivity (Wildman–Crippen MR) is 51.4 cm³/mol. The van der Waals surface area contributed by atoms with Crippen molar-refractivity contribution in [2.45, 2.75) is 18.9 Å². The fraction of sp³-hybridized carbons (Fsp3) is 0.667. The van der Waals surface area contributed by atoms with Crippen molar-refractivity contribution in [1.29, 1.82) is 0 Å². The molecular weight excluding hydrogens is 221 g/mol. The number of methoxy groups -OCH3 is 1. The van der Waals surface area contributed by atoms with Crippen LogP contribution in [0.2, 0.25) is 0 Å². The molecule has 80 valence electrons. The lowest BCUT2D eigenvalue weighted by atomic mass is 10.2. The summed E-state index contributed by atoms with van der Waals surface area (Å²) >= 11 is 0. The number of aliphatic carboxylic acids is 1. The summed E-state index contributed by atoms with van der Waals surface area (Å²) in [5, 5.41) is 8.29. The lowest BCUT2D eigenvalue weighted by molar-refractivity contribution is -0.141. The second-order valence-corrected chi connectivity index (χ2v) is 2.06. The molecule has 0 aliphatic rings. The van der Waals surface area contributed by atoms with Gasteiger partial charge in [0.05, 0.1) is 7.11 Å². The first-order valence-electron chi connectivity index (χ1n) is 3.13. The molecule has 0 saturated heterocycles. The zero-order valence-corrected chi connectivity index (χ0v) is 8.69. The van der Waals surface area contributed by atoms with Gasteiger partial charge in [0.2, 0.25) is 0 Å². The highest BCUT2D eigenvalue weighted by molar-refractivity contribution is 5.85. The molecule has 13 heavy (non-hydrogen) atoms. The quantitative estimate of drug-likeness (QED) is 0.678. The summed E-state index contributed by atoms with van der Waals surface area (Å²) in [7, 11) is 1.24. The van der Waals surface area contributed by atoms with Gasteiger partial charge in [-0.3, -0.25) is 9.59 Å². The zero-order valence-electron chi connectivity index (χ0n) is 7.06. The van der Waals surface area contributed by atoms with Crippen LogP contribution in [-0.2, 0) is 14.3 Å². The summed E-state index contributed by atoms with van der Waals surface area (Å²) in [5.74, 6) is -1.55. The summed E-state index contributed by atoms with van der Waals surface area (Å²) in [6, 6.07) is -0.978. The number of nitrogens with two attached hydrogens (primary N) is 1. The number of carboxylic acid groups (broad SMARTS) is 1. The molecule has 0 amide bonds. The number of ether oxygens (including phenoxy) is 1. The number of rotatable bonds is 4. The first kappa shape index (κ1) is 18.3. The van der Waals surface area contributed by atoms with Crippen molar-refractivity contribution in [2.24, 2.45) is 5.73 Å². The van der Waals surface area contributed by atoms with Crippen LogP contribution < -0.4 is 5.73 Å². The maximum atomic E-state index is 10.5. The second kappa shape index (κ2) is 9.57. The molecular formula is C6H13Cl2NO4. The first-order chi connectivity index (χ1) is 5.07. The Morgan fingerprint density at radius 2 is 1.92 bits per heavy atom. The van der Waals surface area contributed by atoms with E-state index in [2.05, 4.69) is 4.74 Å². The molecule has 0 spiro atoms. The molecule has 0 heterocycles. The van der Waals surface area contributed by atoms with Crippen LogP contribution in [0.25, 0.3) is 0 Å². The van der Waals surface area contributed by atoms with Crippen LogP contribution in [0.1, 0.15) is 12.8 Å². The van der Waals surface area contributed by atoms with Crippen molar-refractivity contribution < 1.29 is 19.4 Å². The van der Waals surface area contributed by atoms with Crippen LogP contribution in [-0.4, -0.2) is 30.2 Å². The van der Waals surface area contributed by atoms with Crippen LogP contribution in [0.3, 0.4) is 0 Å². The van der Waals surface area contributed by atoms with Gasteiger partial charge in [0, 0.05) is 6.42 Å². The highest BCUT2D eigenvalue weighted by Crippen LogP contribution is 1.95. The summed E-state index contributed by atoms with van der Waals surface area (Å²) < 4.78 is 4.29. The molecule has 0 unspecified atom stereocenters. The minimum atomic E-state index is -1.10. The fourth-order valence-corrected chi connectivity index (χ4v) is 0.499. The molecule has 0 aromatic heterocycles. The molecule has 0 rings (SSSR count). The lowest BCUT2D eigenvalue weighted by Gasteiger charge is -2.03. The van der Waals surface area contributed by atoms with Crippen molar-refractivity contribution in [3.8, 4) is 0 Å². The van der Waals surface area contributed by atoms with E-state index in [1.165, 1.54) is 7.11 Å². The number of hydrogen-bond donors (Lipinski definition) is 2. The highest BCUT2D eigenvalue weighted by atomic mass is 35.5. The van der Waals surface area contributed by atoms with Gasteiger partial charge < -0.3 is 15.6 Å². The fourth-order valence-electron chi connectivity index (χ4n) is 0.499. The number of hydrogen-bond acceptors (Lipinski definition) is 4. The lowest BCUT2D eigenvalue weighted by Crippen LogP contribution is -2.30. The molecule has 7 heteroatoms. The summed E-state index contributed by atoms with van der Waals surface area (Å²) in [6.45, 7) is 0. The Labute approximate surface area is 88.4 Å². The Hall–Kier alpha value is -0.520. The highest BCUT2D eigenvalue weighted by Gasteiger charge is 2.12. The van der Waals surface area contributed by atoms with Gasteiger partial charge in [-0.25, -0.2) is 0 Å². The van der Waals surface area contributed by atoms with Crippen molar-refractivity contribution >= 4 is 36.8 Å². The molecule has 0 aromatic carbocycles. The van der Waals surface area contributed by atoms with Gasteiger partial charge in [0.25, 0.3) is 0 Å². The van der Waals surface area contributed by atoms with Crippen LogP contribution in [0, 0.1) is 0 Å². The van der Waals surface area contributed by atoms with Gasteiger partial charge in [-0.1, -0.05) is 0 Å². The Morgan fingerprint density at radius 3 is 2.23 bits per heavy atom. The third kappa shape index (κ3) is 9.39. The van der Waals surface area contributed by atoms with E-state index in [0.29, 0.717) is 0 Å². The molecule has 0 radical (unpaired) electrons. The molecule has 5 nitrogen and oxygen atoms in total. The topological polar surface area (TPSA) is 89.6 Å². The van der Waals surface area contributed by atoms with E-state index in [1.54, 1.807) is 0 Å². The van der Waals surface area contributed by atoms with E-state index in [1.807, 2.05) is 0 Å². The van der Waals surface area contributed by atoms with Crippen molar-refractivity contribution in [3.05, 3.63) is 0 Å². The van der Waals surface area contributed by atoms with Crippen molar-refractivity contribution in [1.82, 2.24) is 0 Å². The van der Waals surface area contributed by atoms with E-state index < -0.39 is 18.0 Å². The smallest absolute Gasteiger partial charge is 0.320 e. The van der Waals surface area contributed by atoms with Crippen LogP contribution >= 0.6 is 24.8 Å². The Morgan fingerprint density at radius 1 is 1.46 bits per heavy atom. The van der Waals surface area contributed by atoms with Gasteiger partial charge in [-0.2, -0.15) is 0 Å². The molecule has 1 atom stereocenters. The maximum Gasteiger partial charge on any atom is 0.320 e. The number of esters is 1. The van der Waals surface area contributed by atoms with Crippen LogP contribution in [0.15, 0.2) is 0 Å². The summed E-state index contributed by atoms with van der Waals surface area (Å²) in [5.41, 5.74) is 5.11. The number of carbonyl (C=O) groups excluding carboxylic acids is 1. The Kier molecular flexibility index (Phi) is 13.5. The van der Waals surface area contributed by atoms with Crippen molar-refractivity contribution in [2.75, 3.05) is 7.11 Å². The number of halogens is 2. The Balaban J connectivity index is -0.000000500. The summed E-state index contributed by atoms with van der Waals surface area (Å²) in [6.07, 6.45) is 0.159. The molecule has 3 N–H and O–H groups in total. The largest absolute Gasteiger partial charge is 0.480 e. The number of carboxylic acids is 1. The molecule has 0 aromatic rings. The molecule has 0 fully saturated rings. The summed E-state index contributed by atoms with van der Waals surface area (Å²) in [4.78, 5) is 20.6. The van der Waals surface area contributed by atoms with Gasteiger partial charge >= 0.3 is 11.9 Å². The van der Waals surface area contributed by atoms with Gasteiger partial charge in [0.15, 0.2) is 0 Å². The van der Waals surface area contributed by atoms with Gasteiger partial charge in [0.1, 0.15) is 6.04 Å². The van der Waals surface area contributed by atoms with E-state index >= 15 is 0 Å². The maximum absolute atomic E-state index is 10.5. The molecule has 0 aliphatic heterocycles. The zero-order chi connectivity index (χ0) is 8.85. The van der Waals surface area contributed by atoms with E-state index in [0.717, 1.165) is 0 Å². The Bertz CT molecular complexity index is 165. The standard InChI is InChI=1S/C6H11NO4.2ClH/c1-11-5(8)3-2-4(7)6(9)10;;/h4H,2-3,7H2,1H3,(H,9,10);2*1H/t4-;;/m0../s1. The van der Waals surface area contributed by atoms with Gasteiger partial charge in [-0.15, -0.1) is 24.8 Å². The predicted octanol–water partition coefficient (Wildman–Crippen LogP) is 0.195.